The van der Waals surface area contributed by atoms with E-state index in [1.54, 1.807) is 29.0 Å². The molecule has 0 bridgehead atoms. The Bertz CT molecular complexity index is 1270. The first-order valence-corrected chi connectivity index (χ1v) is 14.4. The van der Waals surface area contributed by atoms with E-state index in [0.29, 0.717) is 25.8 Å². The van der Waals surface area contributed by atoms with Gasteiger partial charge in [0.2, 0.25) is 11.8 Å². The predicted octanol–water partition coefficient (Wildman–Crippen LogP) is 2.37. The molecular formula is C31H40N6O6. The lowest BCUT2D eigenvalue weighted by Crippen LogP contribution is -2.76. The number of ether oxygens (including phenoxy) is 2. The van der Waals surface area contributed by atoms with Crippen molar-refractivity contribution in [2.75, 3.05) is 46.9 Å². The third kappa shape index (κ3) is 8.04. The number of hydrazine groups is 1. The predicted molar refractivity (Wildman–Crippen MR) is 160 cm³/mol. The molecule has 2 saturated heterocycles. The number of likely N-dealkylation sites (N-methyl/N-ethyl adjacent to an activating group) is 1. The second kappa shape index (κ2) is 15.1. The third-order valence-electron chi connectivity index (χ3n) is 7.52. The van der Waals surface area contributed by atoms with E-state index in [2.05, 4.69) is 17.2 Å². The number of hydrogen-bond donors (Lipinski definition) is 2. The van der Waals surface area contributed by atoms with Gasteiger partial charge in [0.25, 0.3) is 0 Å². The average Bonchev–Trinajstić information content (AvgIpc) is 3.01. The van der Waals surface area contributed by atoms with Crippen molar-refractivity contribution in [1.82, 2.24) is 30.5 Å². The van der Waals surface area contributed by atoms with E-state index in [-0.39, 0.29) is 50.6 Å². The quantitative estimate of drug-likeness (QED) is 0.287. The number of hydrogen-bond acceptors (Lipinski definition) is 7. The van der Waals surface area contributed by atoms with Gasteiger partial charge in [-0.05, 0) is 42.5 Å². The maximum atomic E-state index is 13.8. The van der Waals surface area contributed by atoms with Crippen molar-refractivity contribution in [1.29, 1.82) is 0 Å². The van der Waals surface area contributed by atoms with Gasteiger partial charge in [-0.1, -0.05) is 55.1 Å². The summed E-state index contributed by atoms with van der Waals surface area (Å²) in [5.41, 5.74) is 1.98. The van der Waals surface area contributed by atoms with Crippen LogP contribution in [0, 0.1) is 0 Å². The van der Waals surface area contributed by atoms with Crippen molar-refractivity contribution in [3.8, 4) is 5.75 Å². The summed E-state index contributed by atoms with van der Waals surface area (Å²) in [5, 5.41) is 8.75. The van der Waals surface area contributed by atoms with E-state index in [9.17, 15) is 19.2 Å². The van der Waals surface area contributed by atoms with Crippen molar-refractivity contribution < 1.29 is 28.7 Å². The van der Waals surface area contributed by atoms with Gasteiger partial charge in [0, 0.05) is 26.7 Å². The Kier molecular flexibility index (Phi) is 11.0. The molecule has 0 unspecified atom stereocenters. The van der Waals surface area contributed by atoms with Crippen LogP contribution >= 0.6 is 0 Å². The average molecular weight is 593 g/mol. The number of nitrogens with one attached hydrogen (secondary N) is 2. The number of piperazine rings is 1. The minimum atomic E-state index is -0.779. The molecule has 4 rings (SSSR count). The van der Waals surface area contributed by atoms with Gasteiger partial charge in [-0.25, -0.2) is 19.6 Å². The number of amides is 5. The molecule has 43 heavy (non-hydrogen) atoms. The highest BCUT2D eigenvalue weighted by Gasteiger charge is 2.50. The first-order valence-electron chi connectivity index (χ1n) is 14.4. The summed E-state index contributed by atoms with van der Waals surface area (Å²) in [7, 11) is 3.29. The van der Waals surface area contributed by atoms with Gasteiger partial charge < -0.3 is 29.9 Å². The van der Waals surface area contributed by atoms with E-state index < -0.39 is 18.3 Å². The SMILES string of the molecule is C=CCOC(=O)NCCC[C@H]1C(=O)N(CCc2ccccc2)C[C@H]2N1C(=O)CN(C)N2C(=O)NCc1ccc(OC)cc1. The largest absolute Gasteiger partial charge is 0.497 e. The number of benzene rings is 2. The van der Waals surface area contributed by atoms with Crippen molar-refractivity contribution in [3.05, 3.63) is 78.4 Å². The summed E-state index contributed by atoms with van der Waals surface area (Å²) in [6, 6.07) is 16.1. The number of methoxy groups -OCH3 is 1. The Morgan fingerprint density at radius 3 is 2.49 bits per heavy atom. The lowest BCUT2D eigenvalue weighted by Gasteiger charge is -2.54. The van der Waals surface area contributed by atoms with Gasteiger partial charge in [0.05, 0.1) is 20.2 Å². The Labute approximate surface area is 252 Å². The molecule has 2 heterocycles. The third-order valence-corrected chi connectivity index (χ3v) is 7.52. The maximum absolute atomic E-state index is 13.8. The molecule has 12 heteroatoms. The van der Waals surface area contributed by atoms with Crippen LogP contribution in [-0.2, 0) is 27.3 Å². The Morgan fingerprint density at radius 1 is 1.05 bits per heavy atom. The molecule has 2 aliphatic rings. The molecule has 2 atom stereocenters. The van der Waals surface area contributed by atoms with Crippen LogP contribution in [0.1, 0.15) is 24.0 Å². The van der Waals surface area contributed by atoms with E-state index in [1.807, 2.05) is 54.6 Å². The fourth-order valence-electron chi connectivity index (χ4n) is 5.37. The summed E-state index contributed by atoms with van der Waals surface area (Å²) in [6.07, 6.45) is 1.59. The van der Waals surface area contributed by atoms with Gasteiger partial charge >= 0.3 is 12.1 Å². The van der Waals surface area contributed by atoms with Crippen molar-refractivity contribution >= 4 is 23.9 Å². The Balaban J connectivity index is 1.50. The van der Waals surface area contributed by atoms with Crippen molar-refractivity contribution in [3.63, 3.8) is 0 Å². The first kappa shape index (κ1) is 31.4. The number of carbonyl (C=O) groups excluding carboxylic acids is 4. The fraction of sp³-hybridized carbons (Fsp3) is 0.419. The van der Waals surface area contributed by atoms with Gasteiger partial charge in [-0.3, -0.25) is 9.59 Å². The van der Waals surface area contributed by atoms with Crippen LogP contribution in [0.3, 0.4) is 0 Å². The molecule has 0 radical (unpaired) electrons. The summed E-state index contributed by atoms with van der Waals surface area (Å²) in [6.45, 7) is 4.73. The topological polar surface area (TPSA) is 124 Å². The second-order valence-corrected chi connectivity index (χ2v) is 10.4. The van der Waals surface area contributed by atoms with Gasteiger partial charge in [-0.2, -0.15) is 0 Å². The van der Waals surface area contributed by atoms with Crippen LogP contribution in [0.4, 0.5) is 9.59 Å². The molecule has 0 spiro atoms. The molecule has 230 valence electrons. The summed E-state index contributed by atoms with van der Waals surface area (Å²) in [4.78, 5) is 55.9. The highest BCUT2D eigenvalue weighted by molar-refractivity contribution is 5.91. The molecule has 2 aromatic rings. The summed E-state index contributed by atoms with van der Waals surface area (Å²) in [5.74, 6) is 0.321. The molecule has 5 amide bonds. The molecule has 2 fully saturated rings. The second-order valence-electron chi connectivity index (χ2n) is 10.4. The number of alkyl carbamates (subject to hydrolysis) is 1. The molecule has 2 aliphatic heterocycles. The highest BCUT2D eigenvalue weighted by Crippen LogP contribution is 2.28. The van der Waals surface area contributed by atoms with Crippen LogP contribution in [0.5, 0.6) is 5.75 Å². The molecular weight excluding hydrogens is 552 g/mol. The van der Waals surface area contributed by atoms with Gasteiger partial charge in [0.1, 0.15) is 24.6 Å². The standard InChI is InChI=1S/C31H40N6O6/c1-4-19-43-31(41)32-17-8-11-26-29(39)35(18-16-23-9-6-5-7-10-23)21-27-36(26)28(38)22-34(2)37(27)30(40)33-20-24-12-14-25(42-3)15-13-24/h4-7,9-10,12-15,26-27H,1,8,11,16-22H2,2-3H3,(H,32,41)(H,33,40)/t26-,27-/m0/s1. The fourth-order valence-corrected chi connectivity index (χ4v) is 5.37. The summed E-state index contributed by atoms with van der Waals surface area (Å²) >= 11 is 0. The number of nitrogens with zero attached hydrogens (tertiary/aromatic N) is 4. The smallest absolute Gasteiger partial charge is 0.407 e. The monoisotopic (exact) mass is 592 g/mol. The summed E-state index contributed by atoms with van der Waals surface area (Å²) < 4.78 is 10.2. The molecule has 0 aliphatic carbocycles. The zero-order valence-electron chi connectivity index (χ0n) is 24.7. The van der Waals surface area contributed by atoms with E-state index in [1.165, 1.54) is 11.1 Å². The first-order chi connectivity index (χ1) is 20.8. The molecule has 2 aromatic carbocycles. The van der Waals surface area contributed by atoms with Crippen LogP contribution in [-0.4, -0.2) is 103 Å². The number of rotatable bonds is 12. The van der Waals surface area contributed by atoms with Crippen LogP contribution in [0.2, 0.25) is 0 Å². The van der Waals surface area contributed by atoms with Crippen LogP contribution in [0.15, 0.2) is 67.3 Å². The van der Waals surface area contributed by atoms with Crippen LogP contribution < -0.4 is 15.4 Å². The Hall–Kier alpha value is -4.58. The van der Waals surface area contributed by atoms with Crippen molar-refractivity contribution in [2.45, 2.75) is 38.0 Å². The number of urea groups is 1. The lowest BCUT2D eigenvalue weighted by atomic mass is 10.0. The minimum absolute atomic E-state index is 0.0492. The van der Waals surface area contributed by atoms with E-state index >= 15 is 0 Å². The highest BCUT2D eigenvalue weighted by atomic mass is 16.5. The zero-order valence-corrected chi connectivity index (χ0v) is 24.7. The van der Waals surface area contributed by atoms with E-state index in [4.69, 9.17) is 9.47 Å². The maximum Gasteiger partial charge on any atom is 0.407 e. The molecule has 0 aromatic heterocycles. The van der Waals surface area contributed by atoms with Crippen LogP contribution in [0.25, 0.3) is 0 Å². The van der Waals surface area contributed by atoms with E-state index in [0.717, 1.165) is 16.9 Å². The molecule has 12 nitrogen and oxygen atoms in total. The Morgan fingerprint density at radius 2 is 1.79 bits per heavy atom. The minimum Gasteiger partial charge on any atom is -0.497 e. The molecule has 2 N–H and O–H groups in total. The van der Waals surface area contributed by atoms with Gasteiger partial charge in [-0.15, -0.1) is 0 Å². The lowest BCUT2D eigenvalue weighted by molar-refractivity contribution is -0.187. The van der Waals surface area contributed by atoms with Gasteiger partial charge in [0.15, 0.2) is 0 Å². The zero-order chi connectivity index (χ0) is 30.8. The normalized spacial score (nSPS) is 18.6. The number of carbonyl (C=O) groups is 4. The van der Waals surface area contributed by atoms with Crippen molar-refractivity contribution in [2.24, 2.45) is 0 Å². The molecule has 0 saturated carbocycles. The number of fused-ring (bicyclic) bond motifs is 1.